The minimum Gasteiger partial charge on any atom is -0.457 e. The number of rotatable bonds is 3. The van der Waals surface area contributed by atoms with Crippen molar-refractivity contribution in [3.8, 4) is 11.5 Å². The fraction of sp³-hybridized carbons (Fsp3) is 0.0588. The van der Waals surface area contributed by atoms with Crippen LogP contribution in [0.25, 0.3) is 10.9 Å². The molecule has 0 aliphatic heterocycles. The third kappa shape index (κ3) is 2.81. The SMILES string of the molecule is CC(=O)c1ccc(Oc2cccc3ncccc23)cc1Br. The molecule has 0 amide bonds. The van der Waals surface area contributed by atoms with Crippen molar-refractivity contribution in [2.75, 3.05) is 0 Å². The van der Waals surface area contributed by atoms with Gasteiger partial charge in [-0.05, 0) is 65.3 Å². The number of carbonyl (C=O) groups is 1. The van der Waals surface area contributed by atoms with Gasteiger partial charge in [0, 0.05) is 21.6 Å². The summed E-state index contributed by atoms with van der Waals surface area (Å²) in [6, 6.07) is 14.9. The summed E-state index contributed by atoms with van der Waals surface area (Å²) in [5.41, 5.74) is 1.52. The third-order valence-corrected chi connectivity index (χ3v) is 3.81. The van der Waals surface area contributed by atoms with Crippen LogP contribution in [0, 0.1) is 0 Å². The molecular formula is C17H12BrNO2. The van der Waals surface area contributed by atoms with Gasteiger partial charge in [-0.2, -0.15) is 0 Å². The molecule has 1 heterocycles. The van der Waals surface area contributed by atoms with Crippen molar-refractivity contribution in [2.24, 2.45) is 0 Å². The summed E-state index contributed by atoms with van der Waals surface area (Å²) in [6.07, 6.45) is 1.75. The van der Waals surface area contributed by atoms with Crippen LogP contribution in [-0.2, 0) is 0 Å². The lowest BCUT2D eigenvalue weighted by molar-refractivity contribution is 0.101. The number of ketones is 1. The first-order valence-corrected chi connectivity index (χ1v) is 7.26. The smallest absolute Gasteiger partial charge is 0.160 e. The van der Waals surface area contributed by atoms with E-state index in [-0.39, 0.29) is 5.78 Å². The van der Waals surface area contributed by atoms with Crippen LogP contribution in [0.5, 0.6) is 11.5 Å². The fourth-order valence-corrected chi connectivity index (χ4v) is 2.77. The van der Waals surface area contributed by atoms with E-state index < -0.39 is 0 Å². The summed E-state index contributed by atoms with van der Waals surface area (Å²) in [7, 11) is 0. The molecule has 0 bridgehead atoms. The molecule has 0 spiro atoms. The highest BCUT2D eigenvalue weighted by molar-refractivity contribution is 9.10. The summed E-state index contributed by atoms with van der Waals surface area (Å²) in [6.45, 7) is 1.54. The summed E-state index contributed by atoms with van der Waals surface area (Å²) in [5.74, 6) is 1.43. The predicted molar refractivity (Wildman–Crippen MR) is 86.0 cm³/mol. The van der Waals surface area contributed by atoms with E-state index in [9.17, 15) is 4.79 Å². The van der Waals surface area contributed by atoms with Crippen molar-refractivity contribution in [2.45, 2.75) is 6.92 Å². The van der Waals surface area contributed by atoms with Gasteiger partial charge in [-0.15, -0.1) is 0 Å². The minimum absolute atomic E-state index is 0.0165. The molecule has 4 heteroatoms. The molecule has 0 saturated heterocycles. The number of pyridine rings is 1. The zero-order valence-electron chi connectivity index (χ0n) is 11.3. The highest BCUT2D eigenvalue weighted by Crippen LogP contribution is 2.31. The second-order valence-corrected chi connectivity index (χ2v) is 5.48. The molecule has 1 aromatic heterocycles. The third-order valence-electron chi connectivity index (χ3n) is 3.15. The van der Waals surface area contributed by atoms with Gasteiger partial charge in [-0.1, -0.05) is 6.07 Å². The van der Waals surface area contributed by atoms with Crippen molar-refractivity contribution in [1.82, 2.24) is 4.98 Å². The average Bonchev–Trinajstić information content (AvgIpc) is 2.47. The number of nitrogens with zero attached hydrogens (tertiary/aromatic N) is 1. The van der Waals surface area contributed by atoms with Crippen molar-refractivity contribution < 1.29 is 9.53 Å². The Kier molecular flexibility index (Phi) is 3.71. The van der Waals surface area contributed by atoms with E-state index in [0.717, 1.165) is 21.1 Å². The number of carbonyl (C=O) groups excluding carboxylic acids is 1. The number of Topliss-reactive ketones (excluding diaryl/α,β-unsaturated/α-hetero) is 1. The van der Waals surface area contributed by atoms with Crippen molar-refractivity contribution in [1.29, 1.82) is 0 Å². The van der Waals surface area contributed by atoms with Crippen LogP contribution >= 0.6 is 15.9 Å². The molecule has 0 atom stereocenters. The number of halogens is 1. The maximum Gasteiger partial charge on any atom is 0.160 e. The molecule has 2 aromatic carbocycles. The quantitative estimate of drug-likeness (QED) is 0.630. The van der Waals surface area contributed by atoms with Gasteiger partial charge >= 0.3 is 0 Å². The zero-order valence-corrected chi connectivity index (χ0v) is 12.9. The largest absolute Gasteiger partial charge is 0.457 e. The van der Waals surface area contributed by atoms with E-state index in [2.05, 4.69) is 20.9 Å². The van der Waals surface area contributed by atoms with Gasteiger partial charge in [0.25, 0.3) is 0 Å². The lowest BCUT2D eigenvalue weighted by atomic mass is 10.1. The van der Waals surface area contributed by atoms with Gasteiger partial charge in [-0.3, -0.25) is 9.78 Å². The average molecular weight is 342 g/mol. The Morgan fingerprint density at radius 2 is 2.00 bits per heavy atom. The van der Waals surface area contributed by atoms with E-state index in [4.69, 9.17) is 4.74 Å². The van der Waals surface area contributed by atoms with Crippen LogP contribution in [0.2, 0.25) is 0 Å². The van der Waals surface area contributed by atoms with E-state index in [0.29, 0.717) is 11.3 Å². The van der Waals surface area contributed by atoms with Gasteiger partial charge in [-0.25, -0.2) is 0 Å². The lowest BCUT2D eigenvalue weighted by Crippen LogP contribution is -1.94. The van der Waals surface area contributed by atoms with Crippen molar-refractivity contribution in [3.63, 3.8) is 0 Å². The summed E-state index contributed by atoms with van der Waals surface area (Å²) in [5, 5.41) is 0.951. The molecule has 0 N–H and O–H groups in total. The summed E-state index contributed by atoms with van der Waals surface area (Å²) >= 11 is 3.40. The van der Waals surface area contributed by atoms with Gasteiger partial charge in [0.05, 0.1) is 5.52 Å². The molecule has 21 heavy (non-hydrogen) atoms. The molecule has 0 radical (unpaired) electrons. The number of aromatic nitrogens is 1. The highest BCUT2D eigenvalue weighted by atomic mass is 79.9. The second-order valence-electron chi connectivity index (χ2n) is 4.63. The van der Waals surface area contributed by atoms with Crippen molar-refractivity contribution >= 4 is 32.6 Å². The predicted octanol–water partition coefficient (Wildman–Crippen LogP) is 4.99. The van der Waals surface area contributed by atoms with Crippen LogP contribution in [0.1, 0.15) is 17.3 Å². The van der Waals surface area contributed by atoms with E-state index >= 15 is 0 Å². The highest BCUT2D eigenvalue weighted by Gasteiger charge is 2.08. The van der Waals surface area contributed by atoms with Crippen LogP contribution in [0.4, 0.5) is 0 Å². The Morgan fingerprint density at radius 3 is 2.76 bits per heavy atom. The Labute approximate surface area is 130 Å². The van der Waals surface area contributed by atoms with Crippen LogP contribution in [0.15, 0.2) is 59.2 Å². The topological polar surface area (TPSA) is 39.2 Å². The molecule has 0 unspecified atom stereocenters. The van der Waals surface area contributed by atoms with Crippen molar-refractivity contribution in [3.05, 3.63) is 64.8 Å². The first-order chi connectivity index (χ1) is 10.1. The van der Waals surface area contributed by atoms with E-state index in [1.807, 2.05) is 30.3 Å². The molecule has 0 fully saturated rings. The Hall–Kier alpha value is -2.20. The van der Waals surface area contributed by atoms with Gasteiger partial charge in [0.15, 0.2) is 5.78 Å². The Balaban J connectivity index is 1.99. The molecule has 0 saturated carbocycles. The molecule has 0 aliphatic rings. The van der Waals surface area contributed by atoms with E-state index in [1.165, 1.54) is 6.92 Å². The van der Waals surface area contributed by atoms with Gasteiger partial charge < -0.3 is 4.74 Å². The van der Waals surface area contributed by atoms with Crippen LogP contribution in [-0.4, -0.2) is 10.8 Å². The number of benzene rings is 2. The molecule has 0 aliphatic carbocycles. The Morgan fingerprint density at radius 1 is 1.14 bits per heavy atom. The zero-order chi connectivity index (χ0) is 14.8. The Bertz CT molecular complexity index is 825. The first kappa shape index (κ1) is 13.8. The molecule has 3 rings (SSSR count). The first-order valence-electron chi connectivity index (χ1n) is 6.47. The minimum atomic E-state index is 0.0165. The summed E-state index contributed by atoms with van der Waals surface area (Å²) in [4.78, 5) is 15.7. The molecule has 3 nitrogen and oxygen atoms in total. The normalized spacial score (nSPS) is 10.6. The maximum absolute atomic E-state index is 11.4. The van der Waals surface area contributed by atoms with Crippen LogP contribution < -0.4 is 4.74 Å². The number of fused-ring (bicyclic) bond motifs is 1. The molecule has 3 aromatic rings. The number of hydrogen-bond donors (Lipinski definition) is 0. The molecule has 104 valence electrons. The van der Waals surface area contributed by atoms with Gasteiger partial charge in [0.2, 0.25) is 0 Å². The summed E-state index contributed by atoms with van der Waals surface area (Å²) < 4.78 is 6.65. The monoisotopic (exact) mass is 341 g/mol. The molecular weight excluding hydrogens is 330 g/mol. The van der Waals surface area contributed by atoms with Crippen LogP contribution in [0.3, 0.4) is 0 Å². The van der Waals surface area contributed by atoms with Gasteiger partial charge in [0.1, 0.15) is 11.5 Å². The second kappa shape index (κ2) is 5.66. The standard InChI is InChI=1S/C17H12BrNO2/c1-11(20)13-8-7-12(10-15(13)18)21-17-6-2-5-16-14(17)4-3-9-19-16/h2-10H,1H3. The fourth-order valence-electron chi connectivity index (χ4n) is 2.14. The lowest BCUT2D eigenvalue weighted by Gasteiger charge is -2.10. The maximum atomic E-state index is 11.4. The van der Waals surface area contributed by atoms with E-state index in [1.54, 1.807) is 24.4 Å². The number of ether oxygens (including phenoxy) is 1. The number of hydrogen-bond acceptors (Lipinski definition) is 3.